The third-order valence-corrected chi connectivity index (χ3v) is 15.4. The van der Waals surface area contributed by atoms with Gasteiger partial charge in [-0.2, -0.15) is 15.8 Å². The first-order valence-electron chi connectivity index (χ1n) is 14.6. The molecule has 0 unspecified atom stereocenters. The van der Waals surface area contributed by atoms with Crippen molar-refractivity contribution in [2.45, 2.75) is 126 Å². The molecule has 41 heavy (non-hydrogen) atoms. The molecule has 0 rings (SSSR count). The van der Waals surface area contributed by atoms with Crippen LogP contribution in [0, 0.1) is 34.0 Å². The summed E-state index contributed by atoms with van der Waals surface area (Å²) in [6, 6.07) is 6.11. The summed E-state index contributed by atoms with van der Waals surface area (Å²) in [5.74, 6) is 0. The largest absolute Gasteiger partial charge is 0.313 e. The highest BCUT2D eigenvalue weighted by atomic mass is 32.3. The number of hydrogen-bond acceptors (Lipinski definition) is 9. The molecule has 0 heterocycles. The zero-order valence-corrected chi connectivity index (χ0v) is 26.8. The maximum absolute atomic E-state index is 13.7. The van der Waals surface area contributed by atoms with Crippen LogP contribution in [0.15, 0.2) is 0 Å². The first kappa shape index (κ1) is 39.2. The highest BCUT2D eigenvalue weighted by Crippen LogP contribution is 2.35. The molecule has 15 heteroatoms. The van der Waals surface area contributed by atoms with Crippen LogP contribution < -0.4 is 14.2 Å². The minimum Gasteiger partial charge on any atom is -0.213 e. The van der Waals surface area contributed by atoms with E-state index in [1.165, 1.54) is 0 Å². The molecule has 0 amide bonds. The molecule has 0 fully saturated rings. The van der Waals surface area contributed by atoms with E-state index in [-0.39, 0.29) is 26.1 Å². The number of unbranched alkanes of at least 4 members (excludes halogenated alkanes) is 13. The topological polar surface area (TPSA) is 210 Å². The molecule has 0 aromatic rings. The van der Waals surface area contributed by atoms with Gasteiger partial charge in [0.2, 0.25) is 30.1 Å². The van der Waals surface area contributed by atoms with Gasteiger partial charge in [0.25, 0.3) is 0 Å². The van der Waals surface area contributed by atoms with Gasteiger partial charge in [-0.05, 0) is 44.9 Å². The van der Waals surface area contributed by atoms with E-state index < -0.39 is 39.9 Å². The number of sulfonamides is 3. The molecule has 3 N–H and O–H groups in total. The average Bonchev–Trinajstić information content (AvgIpc) is 2.91. The average molecular weight is 637 g/mol. The fraction of sp³-hybridized carbons (Fsp3) is 0.885. The van der Waals surface area contributed by atoms with E-state index >= 15 is 0 Å². The van der Waals surface area contributed by atoms with Crippen LogP contribution >= 0.6 is 0 Å². The lowest BCUT2D eigenvalue weighted by Crippen LogP contribution is -2.63. The molecule has 0 aliphatic carbocycles. The summed E-state index contributed by atoms with van der Waals surface area (Å²) in [5, 5.41) is 25.9. The highest BCUT2D eigenvalue weighted by Gasteiger charge is 2.64. The Morgan fingerprint density at radius 1 is 0.488 bits per heavy atom. The smallest absolute Gasteiger partial charge is 0.213 e. The van der Waals surface area contributed by atoms with Crippen LogP contribution in [0.25, 0.3) is 0 Å². The van der Waals surface area contributed by atoms with Crippen LogP contribution in [0.4, 0.5) is 0 Å². The Morgan fingerprint density at radius 2 is 0.780 bits per heavy atom. The highest BCUT2D eigenvalue weighted by molar-refractivity contribution is 8.24. The predicted octanol–water partition coefficient (Wildman–Crippen LogP) is 4.01. The van der Waals surface area contributed by atoms with Gasteiger partial charge in [0.15, 0.2) is 0 Å². The Hall–Kier alpha value is -1.80. The fourth-order valence-corrected chi connectivity index (χ4v) is 11.9. The van der Waals surface area contributed by atoms with Gasteiger partial charge in [-0.3, -0.25) is 0 Å². The molecule has 0 aliphatic rings. The normalized spacial score (nSPS) is 12.4. The lowest BCUT2D eigenvalue weighted by atomic mass is 10.1. The summed E-state index contributed by atoms with van der Waals surface area (Å²) < 4.78 is 86.1. The van der Waals surface area contributed by atoms with Gasteiger partial charge in [-0.15, -0.1) is 0 Å². The van der Waals surface area contributed by atoms with E-state index in [1.807, 2.05) is 18.2 Å². The van der Waals surface area contributed by atoms with Gasteiger partial charge >= 0.3 is 3.41 Å². The van der Waals surface area contributed by atoms with E-state index in [0.29, 0.717) is 103 Å². The van der Waals surface area contributed by atoms with Gasteiger partial charge in [0.05, 0.1) is 18.2 Å². The predicted molar refractivity (Wildman–Crippen MR) is 159 cm³/mol. The van der Waals surface area contributed by atoms with E-state index in [4.69, 9.17) is 15.8 Å². The van der Waals surface area contributed by atoms with Crippen molar-refractivity contribution in [2.24, 2.45) is 0 Å². The standard InChI is InChI=1S/C26H48N6O6S3/c1-2-3-19-26(39(33,34)30-23-16-10-4-7-13-20-27,40(35,36)31-24-17-11-5-8-14-21-28)41(37,38)32-25-18-12-6-9-15-22-29/h30-32H,2-19,23-25H2,1H3. The molecular weight excluding hydrogens is 589 g/mol. The van der Waals surface area contributed by atoms with Crippen molar-refractivity contribution in [2.75, 3.05) is 19.6 Å². The zero-order chi connectivity index (χ0) is 31.1. The Morgan fingerprint density at radius 3 is 1.05 bits per heavy atom. The van der Waals surface area contributed by atoms with Crippen molar-refractivity contribution >= 4 is 30.1 Å². The number of nitrogens with one attached hydrogen (secondary N) is 3. The summed E-state index contributed by atoms with van der Waals surface area (Å²) in [5.41, 5.74) is 0. The molecule has 0 aromatic carbocycles. The molecular formula is C26H48N6O6S3. The summed E-state index contributed by atoms with van der Waals surface area (Å²) in [4.78, 5) is 0. The molecule has 0 saturated heterocycles. The Bertz CT molecular complexity index is 1030. The first-order valence-corrected chi connectivity index (χ1v) is 19.0. The molecule has 0 spiro atoms. The van der Waals surface area contributed by atoms with E-state index in [0.717, 1.165) is 0 Å². The monoisotopic (exact) mass is 636 g/mol. The van der Waals surface area contributed by atoms with Crippen molar-refractivity contribution in [3.05, 3.63) is 0 Å². The fourth-order valence-electron chi connectivity index (χ4n) is 4.23. The van der Waals surface area contributed by atoms with Crippen molar-refractivity contribution in [1.29, 1.82) is 15.8 Å². The maximum Gasteiger partial charge on any atom is 0.313 e. The Balaban J connectivity index is 5.98. The van der Waals surface area contributed by atoms with Gasteiger partial charge < -0.3 is 0 Å². The molecule has 0 aliphatic heterocycles. The Labute approximate surface area is 248 Å². The molecule has 0 atom stereocenters. The second kappa shape index (κ2) is 21.8. The third-order valence-electron chi connectivity index (χ3n) is 6.59. The second-order valence-corrected chi connectivity index (χ2v) is 16.7. The van der Waals surface area contributed by atoms with Crippen LogP contribution in [-0.4, -0.2) is 48.3 Å². The van der Waals surface area contributed by atoms with Gasteiger partial charge in [0.1, 0.15) is 0 Å². The van der Waals surface area contributed by atoms with Gasteiger partial charge in [-0.1, -0.05) is 51.9 Å². The molecule has 0 radical (unpaired) electrons. The quantitative estimate of drug-likeness (QED) is 0.111. The summed E-state index contributed by atoms with van der Waals surface area (Å²) in [7, 11) is -14.9. The lowest BCUT2D eigenvalue weighted by molar-refractivity contribution is 0.511. The van der Waals surface area contributed by atoms with Crippen molar-refractivity contribution < 1.29 is 25.3 Å². The lowest BCUT2D eigenvalue weighted by Gasteiger charge is -2.32. The van der Waals surface area contributed by atoms with Crippen LogP contribution in [0.2, 0.25) is 0 Å². The Kier molecular flexibility index (Phi) is 20.9. The number of nitrogens with zero attached hydrogens (tertiary/aromatic N) is 3. The number of nitriles is 3. The van der Waals surface area contributed by atoms with Crippen LogP contribution in [-0.2, 0) is 30.1 Å². The van der Waals surface area contributed by atoms with Crippen LogP contribution in [0.3, 0.4) is 0 Å². The van der Waals surface area contributed by atoms with Crippen molar-refractivity contribution in [3.8, 4) is 18.2 Å². The summed E-state index contributed by atoms with van der Waals surface area (Å²) in [6.45, 7) is 1.32. The van der Waals surface area contributed by atoms with E-state index in [9.17, 15) is 25.3 Å². The molecule has 236 valence electrons. The number of rotatable bonds is 27. The van der Waals surface area contributed by atoms with Crippen LogP contribution in [0.1, 0.15) is 122 Å². The first-order chi connectivity index (χ1) is 19.5. The molecule has 0 bridgehead atoms. The SMILES string of the molecule is CCCCC(S(=O)(=O)NCCCCCCC#N)(S(=O)(=O)NCCCCCCC#N)S(=O)(=O)NCCCCCCC#N. The number of hydrogen-bond donors (Lipinski definition) is 3. The summed E-state index contributed by atoms with van der Waals surface area (Å²) in [6.07, 6.45) is 7.86. The van der Waals surface area contributed by atoms with Crippen molar-refractivity contribution in [1.82, 2.24) is 14.2 Å². The molecule has 0 aromatic heterocycles. The zero-order valence-electron chi connectivity index (χ0n) is 24.4. The minimum atomic E-state index is -4.95. The van der Waals surface area contributed by atoms with Crippen molar-refractivity contribution in [3.63, 3.8) is 0 Å². The van der Waals surface area contributed by atoms with Gasteiger partial charge in [-0.25, -0.2) is 39.4 Å². The van der Waals surface area contributed by atoms with Crippen LogP contribution in [0.5, 0.6) is 0 Å². The third kappa shape index (κ3) is 13.8. The maximum atomic E-state index is 13.7. The molecule has 0 saturated carbocycles. The second-order valence-electron chi connectivity index (χ2n) is 9.95. The minimum absolute atomic E-state index is 0.0409. The van der Waals surface area contributed by atoms with Gasteiger partial charge in [0, 0.05) is 45.3 Å². The van der Waals surface area contributed by atoms with E-state index in [1.54, 1.807) is 6.92 Å². The summed E-state index contributed by atoms with van der Waals surface area (Å²) >= 11 is 0. The molecule has 12 nitrogen and oxygen atoms in total. The van der Waals surface area contributed by atoms with E-state index in [2.05, 4.69) is 14.2 Å².